The van der Waals surface area contributed by atoms with Crippen LogP contribution in [0.2, 0.25) is 0 Å². The molecule has 0 aromatic heterocycles. The smallest absolute Gasteiger partial charge is 0.315 e. The molecule has 6 heteroatoms. The van der Waals surface area contributed by atoms with Gasteiger partial charge in [0.1, 0.15) is 0 Å². The number of aldehydes is 1. The van der Waals surface area contributed by atoms with Gasteiger partial charge in [0.05, 0.1) is 7.11 Å². The Morgan fingerprint density at radius 2 is 2.27 bits per heavy atom. The minimum Gasteiger partial charge on any atom is -0.479 e. The van der Waals surface area contributed by atoms with Gasteiger partial charge in [0, 0.05) is 7.11 Å². The van der Waals surface area contributed by atoms with Crippen LogP contribution < -0.4 is 0 Å². The standard InChI is InChI=1S/C5H7N3O3/c1-10-4-5(3-9,11-2)7-8-6-4/h3H,1-2H3. The molecular formula is C5H7N3O3. The Morgan fingerprint density at radius 1 is 1.55 bits per heavy atom. The molecule has 1 aliphatic rings. The van der Waals surface area contributed by atoms with Crippen LogP contribution in [0.1, 0.15) is 0 Å². The Bertz CT molecular complexity index is 225. The van der Waals surface area contributed by atoms with Gasteiger partial charge < -0.3 is 9.47 Å². The zero-order valence-electron chi connectivity index (χ0n) is 6.14. The first-order valence-corrected chi connectivity index (χ1v) is 2.85. The maximum atomic E-state index is 10.5. The predicted octanol–water partition coefficient (Wildman–Crippen LogP) is -0.0463. The molecule has 0 fully saturated rings. The van der Waals surface area contributed by atoms with E-state index in [1.54, 1.807) is 0 Å². The fraction of sp³-hybridized carbons (Fsp3) is 0.600. The molecule has 6 nitrogen and oxygen atoms in total. The van der Waals surface area contributed by atoms with Gasteiger partial charge in [-0.25, -0.2) is 0 Å². The number of carbonyl (C=O) groups is 1. The molecule has 1 unspecified atom stereocenters. The normalized spacial score (nSPS) is 28.4. The summed E-state index contributed by atoms with van der Waals surface area (Å²) in [6.07, 6.45) is 0.478. The maximum absolute atomic E-state index is 10.5. The Hall–Kier alpha value is -1.30. The van der Waals surface area contributed by atoms with Crippen molar-refractivity contribution in [2.45, 2.75) is 5.72 Å². The van der Waals surface area contributed by atoms with Gasteiger partial charge in [-0.1, -0.05) is 5.10 Å². The summed E-state index contributed by atoms with van der Waals surface area (Å²) in [5.41, 5.74) is -1.45. The third-order valence-corrected chi connectivity index (χ3v) is 1.30. The number of methoxy groups -OCH3 is 2. The molecule has 0 aliphatic carbocycles. The third-order valence-electron chi connectivity index (χ3n) is 1.30. The number of rotatable bonds is 2. The molecule has 0 saturated carbocycles. The van der Waals surface area contributed by atoms with Crippen molar-refractivity contribution in [1.29, 1.82) is 0 Å². The molecule has 60 valence electrons. The van der Waals surface area contributed by atoms with E-state index in [1.165, 1.54) is 14.2 Å². The molecule has 1 heterocycles. The van der Waals surface area contributed by atoms with Crippen molar-refractivity contribution < 1.29 is 14.3 Å². The summed E-state index contributed by atoms with van der Waals surface area (Å²) >= 11 is 0. The highest BCUT2D eigenvalue weighted by molar-refractivity contribution is 6.00. The summed E-state index contributed by atoms with van der Waals surface area (Å²) in [6.45, 7) is 0. The van der Waals surface area contributed by atoms with Crippen LogP contribution in [0, 0.1) is 0 Å². The molecular weight excluding hydrogens is 150 g/mol. The Balaban J connectivity index is 2.92. The molecule has 1 aliphatic heterocycles. The lowest BCUT2D eigenvalue weighted by atomic mass is 10.3. The van der Waals surface area contributed by atoms with Crippen molar-refractivity contribution in [2.75, 3.05) is 14.2 Å². The van der Waals surface area contributed by atoms with Gasteiger partial charge in [-0.2, -0.15) is 0 Å². The van der Waals surface area contributed by atoms with Crippen LogP contribution in [0.5, 0.6) is 0 Å². The number of nitrogens with zero attached hydrogens (tertiary/aromatic N) is 3. The van der Waals surface area contributed by atoms with E-state index in [9.17, 15) is 4.79 Å². The van der Waals surface area contributed by atoms with Crippen LogP contribution in [0.4, 0.5) is 0 Å². The molecule has 0 amide bonds. The maximum Gasteiger partial charge on any atom is 0.315 e. The zero-order valence-corrected chi connectivity index (χ0v) is 6.14. The largest absolute Gasteiger partial charge is 0.479 e. The number of hydrogen-bond acceptors (Lipinski definition) is 6. The minimum absolute atomic E-state index is 0.0509. The van der Waals surface area contributed by atoms with Crippen molar-refractivity contribution in [3.8, 4) is 0 Å². The van der Waals surface area contributed by atoms with E-state index in [1.807, 2.05) is 0 Å². The van der Waals surface area contributed by atoms with Crippen molar-refractivity contribution in [2.24, 2.45) is 15.4 Å². The lowest BCUT2D eigenvalue weighted by molar-refractivity contribution is -0.121. The van der Waals surface area contributed by atoms with Crippen molar-refractivity contribution >= 4 is 12.2 Å². The van der Waals surface area contributed by atoms with Gasteiger partial charge >= 0.3 is 5.72 Å². The first kappa shape index (κ1) is 7.80. The molecule has 1 atom stereocenters. The monoisotopic (exact) mass is 157 g/mol. The van der Waals surface area contributed by atoms with Gasteiger partial charge in [-0.3, -0.25) is 4.79 Å². The number of carbonyl (C=O) groups excluding carboxylic acids is 1. The van der Waals surface area contributed by atoms with Crippen LogP contribution in [0.15, 0.2) is 15.4 Å². The van der Waals surface area contributed by atoms with E-state index in [0.29, 0.717) is 6.29 Å². The molecule has 0 spiro atoms. The first-order valence-electron chi connectivity index (χ1n) is 2.85. The quantitative estimate of drug-likeness (QED) is 0.527. The van der Waals surface area contributed by atoms with Crippen LogP contribution in [-0.2, 0) is 14.3 Å². The van der Waals surface area contributed by atoms with E-state index in [-0.39, 0.29) is 5.90 Å². The Morgan fingerprint density at radius 3 is 2.64 bits per heavy atom. The fourth-order valence-corrected chi connectivity index (χ4v) is 0.681. The molecule has 0 bridgehead atoms. The van der Waals surface area contributed by atoms with Gasteiger partial charge in [0.2, 0.25) is 0 Å². The van der Waals surface area contributed by atoms with Crippen LogP contribution in [-0.4, -0.2) is 32.1 Å². The third kappa shape index (κ3) is 1.01. The van der Waals surface area contributed by atoms with Gasteiger partial charge in [-0.05, 0) is 5.22 Å². The van der Waals surface area contributed by atoms with E-state index in [4.69, 9.17) is 9.47 Å². The summed E-state index contributed by atoms with van der Waals surface area (Å²) in [6, 6.07) is 0. The first-order chi connectivity index (χ1) is 5.29. The molecule has 0 aromatic rings. The highest BCUT2D eigenvalue weighted by Crippen LogP contribution is 2.18. The SMILES string of the molecule is COC1=NN=NC1(C=O)OC. The summed E-state index contributed by atoms with van der Waals surface area (Å²) in [5.74, 6) is 0.0509. The van der Waals surface area contributed by atoms with Gasteiger partial charge in [0.25, 0.3) is 5.90 Å². The second-order valence-corrected chi connectivity index (χ2v) is 1.82. The Kier molecular flexibility index (Phi) is 1.95. The lowest BCUT2D eigenvalue weighted by Gasteiger charge is -2.15. The highest BCUT2D eigenvalue weighted by Gasteiger charge is 2.41. The summed E-state index contributed by atoms with van der Waals surface area (Å²) in [5, 5.41) is 10.2. The van der Waals surface area contributed by atoms with Crippen LogP contribution in [0.3, 0.4) is 0 Å². The van der Waals surface area contributed by atoms with Gasteiger partial charge in [-0.15, -0.1) is 5.11 Å². The summed E-state index contributed by atoms with van der Waals surface area (Å²) < 4.78 is 9.48. The molecule has 0 aromatic carbocycles. The zero-order chi connectivity index (χ0) is 8.32. The van der Waals surface area contributed by atoms with Crippen molar-refractivity contribution in [3.05, 3.63) is 0 Å². The lowest BCUT2D eigenvalue weighted by Crippen LogP contribution is -2.39. The molecule has 0 radical (unpaired) electrons. The van der Waals surface area contributed by atoms with E-state index in [2.05, 4.69) is 15.4 Å². The van der Waals surface area contributed by atoms with E-state index < -0.39 is 5.72 Å². The molecule has 11 heavy (non-hydrogen) atoms. The average Bonchev–Trinajstić information content (AvgIpc) is 2.47. The van der Waals surface area contributed by atoms with E-state index >= 15 is 0 Å². The molecule has 1 rings (SSSR count). The summed E-state index contributed by atoms with van der Waals surface area (Å²) in [7, 11) is 2.69. The fourth-order valence-electron chi connectivity index (χ4n) is 0.681. The number of hydrogen-bond donors (Lipinski definition) is 0. The number of ether oxygens (including phenoxy) is 2. The van der Waals surface area contributed by atoms with Crippen LogP contribution >= 0.6 is 0 Å². The highest BCUT2D eigenvalue weighted by atomic mass is 16.6. The van der Waals surface area contributed by atoms with Crippen molar-refractivity contribution in [3.63, 3.8) is 0 Å². The Labute approximate surface area is 62.9 Å². The van der Waals surface area contributed by atoms with E-state index in [0.717, 1.165) is 0 Å². The topological polar surface area (TPSA) is 72.6 Å². The van der Waals surface area contributed by atoms with Gasteiger partial charge in [0.15, 0.2) is 6.29 Å². The van der Waals surface area contributed by atoms with Crippen molar-refractivity contribution in [1.82, 2.24) is 0 Å². The summed E-state index contributed by atoms with van der Waals surface area (Å²) in [4.78, 5) is 10.5. The van der Waals surface area contributed by atoms with Crippen LogP contribution in [0.25, 0.3) is 0 Å². The predicted molar refractivity (Wildman–Crippen MR) is 35.1 cm³/mol. The average molecular weight is 157 g/mol. The molecule has 0 saturated heterocycles. The molecule has 0 N–H and O–H groups in total. The second-order valence-electron chi connectivity index (χ2n) is 1.82. The minimum atomic E-state index is -1.45. The second kappa shape index (κ2) is 2.75.